The van der Waals surface area contributed by atoms with Crippen LogP contribution < -0.4 is 11.1 Å². The molecule has 5 nitrogen and oxygen atoms in total. The van der Waals surface area contributed by atoms with Gasteiger partial charge in [-0.05, 0) is 39.9 Å². The molecule has 1 aromatic rings. The topological polar surface area (TPSA) is 63.3 Å². The monoisotopic (exact) mass is 250 g/mol. The number of likely N-dealkylation sites (N-methyl/N-ethyl adjacent to an activating group) is 1. The van der Waals surface area contributed by atoms with E-state index in [0.717, 1.165) is 19.4 Å². The van der Waals surface area contributed by atoms with Crippen molar-refractivity contribution in [2.75, 3.05) is 26.4 Å². The Balaban J connectivity index is 2.04. The number of hydrogen-bond donors (Lipinski definition) is 2. The van der Waals surface area contributed by atoms with Gasteiger partial charge in [-0.25, -0.2) is 0 Å². The Morgan fingerprint density at radius 1 is 1.61 bits per heavy atom. The van der Waals surface area contributed by atoms with Crippen molar-refractivity contribution in [2.45, 2.75) is 31.8 Å². The largest absolute Gasteiger partial charge is 0.397 e. The van der Waals surface area contributed by atoms with E-state index < -0.39 is 0 Å². The van der Waals surface area contributed by atoms with E-state index in [1.54, 1.807) is 6.07 Å². The lowest BCUT2D eigenvalue weighted by molar-refractivity contribution is 0.0924. The van der Waals surface area contributed by atoms with Crippen molar-refractivity contribution in [2.24, 2.45) is 0 Å². The van der Waals surface area contributed by atoms with Crippen LogP contribution in [-0.2, 0) is 0 Å². The Morgan fingerprint density at radius 2 is 2.28 bits per heavy atom. The van der Waals surface area contributed by atoms with E-state index in [4.69, 9.17) is 5.73 Å². The first-order valence-corrected chi connectivity index (χ1v) is 6.40. The molecule has 18 heavy (non-hydrogen) atoms. The highest BCUT2D eigenvalue weighted by Crippen LogP contribution is 2.37. The molecule has 1 aromatic heterocycles. The van der Waals surface area contributed by atoms with Crippen molar-refractivity contribution < 1.29 is 4.79 Å². The van der Waals surface area contributed by atoms with Crippen molar-refractivity contribution in [3.05, 3.63) is 18.0 Å². The molecule has 1 atom stereocenters. The molecule has 5 heteroatoms. The number of rotatable bonds is 5. The number of anilines is 1. The van der Waals surface area contributed by atoms with Crippen LogP contribution in [-0.4, -0.2) is 42.1 Å². The summed E-state index contributed by atoms with van der Waals surface area (Å²) in [4.78, 5) is 14.3. The van der Waals surface area contributed by atoms with Crippen LogP contribution >= 0.6 is 0 Å². The number of nitrogens with zero attached hydrogens (tertiary/aromatic N) is 2. The van der Waals surface area contributed by atoms with Crippen LogP contribution in [0.2, 0.25) is 0 Å². The summed E-state index contributed by atoms with van der Waals surface area (Å²) in [6.45, 7) is 2.83. The summed E-state index contributed by atoms with van der Waals surface area (Å²) in [7, 11) is 3.99. The quantitative estimate of drug-likeness (QED) is 0.822. The van der Waals surface area contributed by atoms with Crippen LogP contribution in [0.5, 0.6) is 0 Å². The molecule has 2 rings (SSSR count). The molecule has 1 aliphatic carbocycles. The number of carbonyl (C=O) groups is 1. The molecular weight excluding hydrogens is 228 g/mol. The molecule has 1 amide bonds. The summed E-state index contributed by atoms with van der Waals surface area (Å²) in [5.41, 5.74) is 7.13. The summed E-state index contributed by atoms with van der Waals surface area (Å²) >= 11 is 0. The van der Waals surface area contributed by atoms with Crippen LogP contribution in [0.3, 0.4) is 0 Å². The van der Waals surface area contributed by atoms with Crippen molar-refractivity contribution in [1.82, 2.24) is 14.8 Å². The number of nitrogen functional groups attached to an aromatic ring is 1. The molecule has 3 N–H and O–H groups in total. The van der Waals surface area contributed by atoms with Gasteiger partial charge in [0.05, 0.1) is 5.69 Å². The summed E-state index contributed by atoms with van der Waals surface area (Å²) < 4.78 is 2.01. The zero-order valence-electron chi connectivity index (χ0n) is 11.3. The fraction of sp³-hybridized carbons (Fsp3) is 0.615. The maximum atomic E-state index is 12.2. The zero-order chi connectivity index (χ0) is 13.3. The van der Waals surface area contributed by atoms with Crippen LogP contribution in [0.15, 0.2) is 12.3 Å². The Bertz CT molecular complexity index is 434. The van der Waals surface area contributed by atoms with E-state index in [1.807, 2.05) is 31.8 Å². The van der Waals surface area contributed by atoms with Gasteiger partial charge < -0.3 is 20.5 Å². The normalized spacial score (nSPS) is 16.9. The van der Waals surface area contributed by atoms with Gasteiger partial charge in [-0.1, -0.05) is 0 Å². The Kier molecular flexibility index (Phi) is 3.61. The second-order valence-corrected chi connectivity index (χ2v) is 5.43. The molecule has 0 saturated heterocycles. The molecule has 1 unspecified atom stereocenters. The third kappa shape index (κ3) is 3.04. The van der Waals surface area contributed by atoms with Crippen LogP contribution in [0.1, 0.15) is 36.3 Å². The van der Waals surface area contributed by atoms with Gasteiger partial charge in [0.2, 0.25) is 0 Å². The highest BCUT2D eigenvalue weighted by atomic mass is 16.2. The minimum atomic E-state index is -0.0343. The minimum absolute atomic E-state index is 0.0343. The van der Waals surface area contributed by atoms with Crippen LogP contribution in [0.4, 0.5) is 5.69 Å². The Hall–Kier alpha value is -1.49. The summed E-state index contributed by atoms with van der Waals surface area (Å²) in [5, 5.41) is 3.01. The van der Waals surface area contributed by atoms with Crippen LogP contribution in [0.25, 0.3) is 0 Å². The van der Waals surface area contributed by atoms with Gasteiger partial charge >= 0.3 is 0 Å². The SMILES string of the molecule is CC(CN(C)C)NC(=O)c1cc(N)cn1C1CC1. The highest BCUT2D eigenvalue weighted by molar-refractivity contribution is 5.94. The third-order valence-corrected chi connectivity index (χ3v) is 3.06. The number of aromatic nitrogens is 1. The van der Waals surface area contributed by atoms with Gasteiger partial charge in [0, 0.05) is 24.8 Å². The Morgan fingerprint density at radius 3 is 2.83 bits per heavy atom. The molecule has 0 spiro atoms. The molecule has 0 aromatic carbocycles. The fourth-order valence-electron chi connectivity index (χ4n) is 2.23. The average Bonchev–Trinajstić information content (AvgIpc) is 3.00. The first-order chi connectivity index (χ1) is 8.47. The van der Waals surface area contributed by atoms with E-state index in [1.165, 1.54) is 0 Å². The van der Waals surface area contributed by atoms with Crippen LogP contribution in [0, 0.1) is 0 Å². The van der Waals surface area contributed by atoms with Gasteiger partial charge in [0.15, 0.2) is 0 Å². The second kappa shape index (κ2) is 5.02. The van der Waals surface area contributed by atoms with Gasteiger partial charge in [-0.15, -0.1) is 0 Å². The Labute approximate surface area is 108 Å². The van der Waals surface area contributed by atoms with Crippen molar-refractivity contribution in [3.63, 3.8) is 0 Å². The molecule has 100 valence electrons. The van der Waals surface area contributed by atoms with E-state index in [9.17, 15) is 4.79 Å². The lowest BCUT2D eigenvalue weighted by Crippen LogP contribution is -2.40. The summed E-state index contributed by atoms with van der Waals surface area (Å²) in [6, 6.07) is 2.35. The van der Waals surface area contributed by atoms with E-state index >= 15 is 0 Å². The van der Waals surface area contributed by atoms with Gasteiger partial charge in [0.1, 0.15) is 5.69 Å². The predicted molar refractivity (Wildman–Crippen MR) is 72.6 cm³/mol. The van der Waals surface area contributed by atoms with Gasteiger partial charge in [-0.2, -0.15) is 0 Å². The molecule has 0 bridgehead atoms. The number of nitrogens with two attached hydrogens (primary N) is 1. The molecule has 0 aliphatic heterocycles. The molecule has 1 aliphatic rings. The predicted octanol–water partition coefficient (Wildman–Crippen LogP) is 1.09. The second-order valence-electron chi connectivity index (χ2n) is 5.43. The lowest BCUT2D eigenvalue weighted by Gasteiger charge is -2.18. The van der Waals surface area contributed by atoms with E-state index in [0.29, 0.717) is 17.4 Å². The molecule has 1 heterocycles. The van der Waals surface area contributed by atoms with Crippen molar-refractivity contribution >= 4 is 11.6 Å². The molecular formula is C13H22N4O. The summed E-state index contributed by atoms with van der Waals surface area (Å²) in [6.07, 6.45) is 4.15. The van der Waals surface area contributed by atoms with Crippen molar-refractivity contribution in [3.8, 4) is 0 Å². The zero-order valence-corrected chi connectivity index (χ0v) is 11.3. The number of amides is 1. The number of carbonyl (C=O) groups excluding carboxylic acids is 1. The van der Waals surface area contributed by atoms with E-state index in [2.05, 4.69) is 10.2 Å². The van der Waals surface area contributed by atoms with Gasteiger partial charge in [0.25, 0.3) is 5.91 Å². The smallest absolute Gasteiger partial charge is 0.268 e. The maximum absolute atomic E-state index is 12.2. The molecule has 0 radical (unpaired) electrons. The average molecular weight is 250 g/mol. The fourth-order valence-corrected chi connectivity index (χ4v) is 2.23. The minimum Gasteiger partial charge on any atom is -0.397 e. The first kappa shape index (κ1) is 13.0. The molecule has 1 saturated carbocycles. The number of nitrogens with one attached hydrogen (secondary N) is 1. The number of hydrogen-bond acceptors (Lipinski definition) is 3. The van der Waals surface area contributed by atoms with Crippen molar-refractivity contribution in [1.29, 1.82) is 0 Å². The molecule has 1 fully saturated rings. The third-order valence-electron chi connectivity index (χ3n) is 3.06. The lowest BCUT2D eigenvalue weighted by atomic mass is 10.3. The summed E-state index contributed by atoms with van der Waals surface area (Å²) in [5.74, 6) is -0.0343. The van der Waals surface area contributed by atoms with E-state index in [-0.39, 0.29) is 11.9 Å². The maximum Gasteiger partial charge on any atom is 0.268 e. The first-order valence-electron chi connectivity index (χ1n) is 6.40. The highest BCUT2D eigenvalue weighted by Gasteiger charge is 2.28. The standard InChI is InChI=1S/C13H22N4O/c1-9(7-16(2)3)15-13(18)12-6-10(14)8-17(12)11-4-5-11/h6,8-9,11H,4-5,7,14H2,1-3H3,(H,15,18). The van der Waals surface area contributed by atoms with Gasteiger partial charge in [-0.3, -0.25) is 4.79 Å².